The Morgan fingerprint density at radius 2 is 1.86 bits per heavy atom. The van der Waals surface area contributed by atoms with Crippen LogP contribution in [0.1, 0.15) is 19.4 Å². The van der Waals surface area contributed by atoms with Gasteiger partial charge in [-0.3, -0.25) is 4.79 Å². The highest BCUT2D eigenvalue weighted by Gasteiger charge is 2.30. The third kappa shape index (κ3) is 6.14. The second-order valence-electron chi connectivity index (χ2n) is 4.27. The summed E-state index contributed by atoms with van der Waals surface area (Å²) in [6.45, 7) is 4.63. The standard InChI is InChI=1S/C14H18F3NO3/c1-3-20-8-9-21-10(2)13(19)18-12-6-4-11(5-7-12)14(15,16)17/h4-7,10H,3,8-9H2,1-2H3,(H,18,19). The molecular formula is C14H18F3NO3. The van der Waals surface area contributed by atoms with E-state index in [1.54, 1.807) is 6.92 Å². The maximum atomic E-state index is 12.4. The molecule has 0 radical (unpaired) electrons. The first kappa shape index (κ1) is 17.5. The van der Waals surface area contributed by atoms with E-state index in [4.69, 9.17) is 9.47 Å². The summed E-state index contributed by atoms with van der Waals surface area (Å²) in [5, 5.41) is 2.49. The maximum Gasteiger partial charge on any atom is 0.416 e. The molecule has 0 aliphatic carbocycles. The zero-order valence-corrected chi connectivity index (χ0v) is 11.9. The highest BCUT2D eigenvalue weighted by Crippen LogP contribution is 2.29. The molecule has 1 unspecified atom stereocenters. The molecule has 1 atom stereocenters. The molecule has 0 saturated heterocycles. The second-order valence-corrected chi connectivity index (χ2v) is 4.27. The van der Waals surface area contributed by atoms with Crippen LogP contribution in [0, 0.1) is 0 Å². The van der Waals surface area contributed by atoms with Crippen molar-refractivity contribution in [2.45, 2.75) is 26.1 Å². The minimum Gasteiger partial charge on any atom is -0.379 e. The lowest BCUT2D eigenvalue weighted by molar-refractivity contribution is -0.137. The highest BCUT2D eigenvalue weighted by molar-refractivity contribution is 5.93. The summed E-state index contributed by atoms with van der Waals surface area (Å²) in [4.78, 5) is 11.8. The molecule has 1 aromatic carbocycles. The fourth-order valence-corrected chi connectivity index (χ4v) is 1.49. The van der Waals surface area contributed by atoms with Gasteiger partial charge in [0.2, 0.25) is 0 Å². The topological polar surface area (TPSA) is 47.6 Å². The summed E-state index contributed by atoms with van der Waals surface area (Å²) in [6, 6.07) is 4.23. The Kier molecular flexibility index (Phi) is 6.64. The summed E-state index contributed by atoms with van der Waals surface area (Å²) in [5.41, 5.74) is -0.477. The lowest BCUT2D eigenvalue weighted by Crippen LogP contribution is -2.28. The number of anilines is 1. The Morgan fingerprint density at radius 3 is 2.38 bits per heavy atom. The maximum absolute atomic E-state index is 12.4. The monoisotopic (exact) mass is 305 g/mol. The summed E-state index contributed by atoms with van der Waals surface area (Å²) in [7, 11) is 0. The number of carbonyl (C=O) groups is 1. The quantitative estimate of drug-likeness (QED) is 0.788. The van der Waals surface area contributed by atoms with Crippen LogP contribution in [-0.4, -0.2) is 31.8 Å². The van der Waals surface area contributed by atoms with Crippen molar-refractivity contribution in [1.29, 1.82) is 0 Å². The van der Waals surface area contributed by atoms with Crippen LogP contribution in [0.2, 0.25) is 0 Å². The lowest BCUT2D eigenvalue weighted by Gasteiger charge is -2.14. The molecule has 4 nitrogen and oxygen atoms in total. The van der Waals surface area contributed by atoms with Crippen molar-refractivity contribution in [3.63, 3.8) is 0 Å². The molecule has 0 spiro atoms. The smallest absolute Gasteiger partial charge is 0.379 e. The van der Waals surface area contributed by atoms with Gasteiger partial charge in [-0.15, -0.1) is 0 Å². The van der Waals surface area contributed by atoms with Crippen molar-refractivity contribution in [3.8, 4) is 0 Å². The number of rotatable bonds is 7. The molecular weight excluding hydrogens is 287 g/mol. The number of carbonyl (C=O) groups excluding carboxylic acids is 1. The van der Waals surface area contributed by atoms with Crippen molar-refractivity contribution >= 4 is 11.6 Å². The second kappa shape index (κ2) is 7.99. The van der Waals surface area contributed by atoms with Gasteiger partial charge in [0.1, 0.15) is 6.10 Å². The fraction of sp³-hybridized carbons (Fsp3) is 0.500. The molecule has 7 heteroatoms. The molecule has 1 N–H and O–H groups in total. The normalized spacial score (nSPS) is 13.0. The van der Waals surface area contributed by atoms with E-state index in [1.165, 1.54) is 12.1 Å². The van der Waals surface area contributed by atoms with Gasteiger partial charge in [0.25, 0.3) is 5.91 Å². The van der Waals surface area contributed by atoms with Gasteiger partial charge in [-0.05, 0) is 38.1 Å². The molecule has 0 aliphatic heterocycles. The zero-order chi connectivity index (χ0) is 15.9. The van der Waals surface area contributed by atoms with Crippen LogP contribution in [0.3, 0.4) is 0 Å². The van der Waals surface area contributed by atoms with Crippen molar-refractivity contribution in [2.75, 3.05) is 25.1 Å². The van der Waals surface area contributed by atoms with Gasteiger partial charge >= 0.3 is 6.18 Å². The SMILES string of the molecule is CCOCCOC(C)C(=O)Nc1ccc(C(F)(F)F)cc1. The van der Waals surface area contributed by atoms with E-state index >= 15 is 0 Å². The Hall–Kier alpha value is -1.60. The molecule has 0 aliphatic rings. The van der Waals surface area contributed by atoms with E-state index in [2.05, 4.69) is 5.32 Å². The number of hydrogen-bond acceptors (Lipinski definition) is 3. The first-order valence-corrected chi connectivity index (χ1v) is 6.52. The predicted octanol–water partition coefficient (Wildman–Crippen LogP) is 3.09. The number of amides is 1. The van der Waals surface area contributed by atoms with Gasteiger partial charge in [-0.2, -0.15) is 13.2 Å². The Labute approximate surface area is 121 Å². The van der Waals surface area contributed by atoms with Gasteiger partial charge in [0.05, 0.1) is 18.8 Å². The lowest BCUT2D eigenvalue weighted by atomic mass is 10.2. The van der Waals surface area contributed by atoms with Crippen LogP contribution in [0.25, 0.3) is 0 Å². The largest absolute Gasteiger partial charge is 0.416 e. The van der Waals surface area contributed by atoms with E-state index in [0.717, 1.165) is 12.1 Å². The van der Waals surface area contributed by atoms with Gasteiger partial charge in [-0.25, -0.2) is 0 Å². The summed E-state index contributed by atoms with van der Waals surface area (Å²) in [6.07, 6.45) is -5.11. The van der Waals surface area contributed by atoms with Gasteiger partial charge in [0.15, 0.2) is 0 Å². The minimum absolute atomic E-state index is 0.273. The molecule has 0 saturated carbocycles. The number of ether oxygens (including phenoxy) is 2. The summed E-state index contributed by atoms with van der Waals surface area (Å²) >= 11 is 0. The molecule has 0 bridgehead atoms. The van der Waals surface area contributed by atoms with Crippen molar-refractivity contribution in [2.24, 2.45) is 0 Å². The molecule has 1 amide bonds. The third-order valence-corrected chi connectivity index (χ3v) is 2.65. The molecule has 21 heavy (non-hydrogen) atoms. The van der Waals surface area contributed by atoms with Crippen LogP contribution in [0.15, 0.2) is 24.3 Å². The van der Waals surface area contributed by atoms with E-state index in [0.29, 0.717) is 13.2 Å². The van der Waals surface area contributed by atoms with Crippen LogP contribution in [0.5, 0.6) is 0 Å². The van der Waals surface area contributed by atoms with Crippen LogP contribution >= 0.6 is 0 Å². The average Bonchev–Trinajstić information content (AvgIpc) is 2.43. The van der Waals surface area contributed by atoms with Crippen molar-refractivity contribution in [1.82, 2.24) is 0 Å². The Morgan fingerprint density at radius 1 is 1.24 bits per heavy atom. The summed E-state index contributed by atoms with van der Waals surface area (Å²) < 4.78 is 47.5. The fourth-order valence-electron chi connectivity index (χ4n) is 1.49. The van der Waals surface area contributed by atoms with Crippen LogP contribution in [0.4, 0.5) is 18.9 Å². The van der Waals surface area contributed by atoms with Crippen molar-refractivity contribution in [3.05, 3.63) is 29.8 Å². The molecule has 0 heterocycles. The number of nitrogens with one attached hydrogen (secondary N) is 1. The third-order valence-electron chi connectivity index (χ3n) is 2.65. The average molecular weight is 305 g/mol. The molecule has 0 fully saturated rings. The van der Waals surface area contributed by atoms with E-state index < -0.39 is 23.8 Å². The number of alkyl halides is 3. The first-order chi connectivity index (χ1) is 9.84. The molecule has 1 rings (SSSR count). The molecule has 1 aromatic rings. The number of benzene rings is 1. The van der Waals surface area contributed by atoms with Gasteiger partial charge in [0, 0.05) is 12.3 Å². The molecule has 0 aromatic heterocycles. The number of hydrogen-bond donors (Lipinski definition) is 1. The zero-order valence-electron chi connectivity index (χ0n) is 11.9. The Balaban J connectivity index is 2.47. The van der Waals surface area contributed by atoms with Crippen LogP contribution in [-0.2, 0) is 20.4 Å². The van der Waals surface area contributed by atoms with E-state index in [9.17, 15) is 18.0 Å². The van der Waals surface area contributed by atoms with Crippen molar-refractivity contribution < 1.29 is 27.4 Å². The van der Waals surface area contributed by atoms with Crippen LogP contribution < -0.4 is 5.32 Å². The Bertz CT molecular complexity index is 446. The predicted molar refractivity (Wildman–Crippen MR) is 72.0 cm³/mol. The first-order valence-electron chi connectivity index (χ1n) is 6.52. The van der Waals surface area contributed by atoms with Gasteiger partial charge < -0.3 is 14.8 Å². The van der Waals surface area contributed by atoms with Gasteiger partial charge in [-0.1, -0.05) is 0 Å². The minimum atomic E-state index is -4.39. The molecule has 118 valence electrons. The van der Waals surface area contributed by atoms with E-state index in [1.807, 2.05) is 6.92 Å². The highest BCUT2D eigenvalue weighted by atomic mass is 19.4. The van der Waals surface area contributed by atoms with E-state index in [-0.39, 0.29) is 12.3 Å². The number of halogens is 3. The summed E-state index contributed by atoms with van der Waals surface area (Å²) in [5.74, 6) is -0.425.